The first-order valence-corrected chi connectivity index (χ1v) is 3.86. The Balaban J connectivity index is 2.25. The van der Waals surface area contributed by atoms with E-state index in [-0.39, 0.29) is 0 Å². The lowest BCUT2D eigenvalue weighted by Gasteiger charge is -1.96. The van der Waals surface area contributed by atoms with Crippen LogP contribution >= 0.6 is 0 Å². The second-order valence-corrected chi connectivity index (χ2v) is 3.16. The third-order valence-corrected chi connectivity index (χ3v) is 2.14. The van der Waals surface area contributed by atoms with E-state index < -0.39 is 0 Å². The summed E-state index contributed by atoms with van der Waals surface area (Å²) in [6.07, 6.45) is 2.94. The highest BCUT2D eigenvalue weighted by Crippen LogP contribution is 2.45. The molecule has 1 saturated carbocycles. The molecule has 0 radical (unpaired) electrons. The lowest BCUT2D eigenvalue weighted by molar-refractivity contribution is 0.845. The molecule has 3 nitrogen and oxygen atoms in total. The van der Waals surface area contributed by atoms with Crippen LogP contribution in [-0.4, -0.2) is 9.97 Å². The van der Waals surface area contributed by atoms with Crippen molar-refractivity contribution >= 4 is 5.82 Å². The van der Waals surface area contributed by atoms with Crippen molar-refractivity contribution in [3.63, 3.8) is 0 Å². The molecule has 2 N–H and O–H groups in total. The van der Waals surface area contributed by atoms with Crippen molar-refractivity contribution in [1.29, 1.82) is 0 Å². The number of anilines is 1. The van der Waals surface area contributed by atoms with Crippen molar-refractivity contribution in [3.05, 3.63) is 18.1 Å². The predicted molar refractivity (Wildman–Crippen MR) is 43.0 cm³/mol. The van der Waals surface area contributed by atoms with Crippen molar-refractivity contribution < 1.29 is 0 Å². The van der Waals surface area contributed by atoms with E-state index >= 15 is 0 Å². The summed E-state index contributed by atoms with van der Waals surface area (Å²) in [6.45, 7) is 2.21. The highest BCUT2D eigenvalue weighted by atomic mass is 14.9. The van der Waals surface area contributed by atoms with Crippen LogP contribution in [0.2, 0.25) is 0 Å². The Kier molecular flexibility index (Phi) is 1.31. The van der Waals surface area contributed by atoms with Crippen LogP contribution in [0.25, 0.3) is 0 Å². The normalized spacial score (nSPS) is 28.5. The Labute approximate surface area is 65.7 Å². The summed E-state index contributed by atoms with van der Waals surface area (Å²) in [5.41, 5.74) is 5.52. The van der Waals surface area contributed by atoms with E-state index in [2.05, 4.69) is 16.9 Å². The van der Waals surface area contributed by atoms with E-state index in [0.29, 0.717) is 11.7 Å². The molecule has 0 saturated heterocycles. The van der Waals surface area contributed by atoms with Gasteiger partial charge in [0.15, 0.2) is 0 Å². The zero-order valence-corrected chi connectivity index (χ0v) is 6.49. The van der Waals surface area contributed by atoms with Crippen molar-refractivity contribution in [2.75, 3.05) is 5.73 Å². The highest BCUT2D eigenvalue weighted by molar-refractivity contribution is 5.27. The molecule has 1 fully saturated rings. The first-order chi connectivity index (χ1) is 5.27. The molecule has 2 rings (SSSR count). The van der Waals surface area contributed by atoms with E-state index in [1.54, 1.807) is 12.3 Å². The monoisotopic (exact) mass is 149 g/mol. The van der Waals surface area contributed by atoms with Gasteiger partial charge in [-0.25, -0.2) is 9.97 Å². The summed E-state index contributed by atoms with van der Waals surface area (Å²) >= 11 is 0. The molecule has 1 aromatic rings. The quantitative estimate of drug-likeness (QED) is 0.652. The molecular weight excluding hydrogens is 138 g/mol. The lowest BCUT2D eigenvalue weighted by Crippen LogP contribution is -1.97. The molecule has 0 unspecified atom stereocenters. The number of nitrogens with two attached hydrogens (primary N) is 1. The van der Waals surface area contributed by atoms with Crippen LogP contribution < -0.4 is 5.73 Å². The highest BCUT2D eigenvalue weighted by Gasteiger charge is 2.36. The smallest absolute Gasteiger partial charge is 0.134 e. The molecule has 0 spiro atoms. The molecule has 0 bridgehead atoms. The molecule has 2 atom stereocenters. The van der Waals surface area contributed by atoms with Crippen LogP contribution in [0.4, 0.5) is 5.82 Å². The first kappa shape index (κ1) is 6.58. The summed E-state index contributed by atoms with van der Waals surface area (Å²) in [6, 6.07) is 1.72. The predicted octanol–water partition coefficient (Wildman–Crippen LogP) is 1.18. The van der Waals surface area contributed by atoms with Gasteiger partial charge < -0.3 is 5.73 Å². The van der Waals surface area contributed by atoms with Crippen LogP contribution in [0.3, 0.4) is 0 Å². The second kappa shape index (κ2) is 2.19. The SMILES string of the molecule is C[C@H]1C[C@@H]1c1nccc(N)n1. The maximum absolute atomic E-state index is 5.52. The zero-order chi connectivity index (χ0) is 7.84. The first-order valence-electron chi connectivity index (χ1n) is 3.86. The van der Waals surface area contributed by atoms with E-state index in [4.69, 9.17) is 5.73 Å². The van der Waals surface area contributed by atoms with E-state index in [0.717, 1.165) is 11.7 Å². The van der Waals surface area contributed by atoms with Gasteiger partial charge in [-0.05, 0) is 18.4 Å². The molecule has 11 heavy (non-hydrogen) atoms. The third-order valence-electron chi connectivity index (χ3n) is 2.14. The Morgan fingerprint density at radius 2 is 2.36 bits per heavy atom. The lowest BCUT2D eigenvalue weighted by atomic mass is 10.3. The maximum atomic E-state index is 5.52. The van der Waals surface area contributed by atoms with Gasteiger partial charge in [-0.15, -0.1) is 0 Å². The van der Waals surface area contributed by atoms with Gasteiger partial charge in [-0.3, -0.25) is 0 Å². The van der Waals surface area contributed by atoms with E-state index in [1.165, 1.54) is 6.42 Å². The minimum atomic E-state index is 0.568. The van der Waals surface area contributed by atoms with Gasteiger partial charge in [-0.1, -0.05) is 6.92 Å². The van der Waals surface area contributed by atoms with Crippen molar-refractivity contribution in [3.8, 4) is 0 Å². The van der Waals surface area contributed by atoms with Crippen molar-refractivity contribution in [2.24, 2.45) is 5.92 Å². The Bertz CT molecular complexity index is 272. The minimum Gasteiger partial charge on any atom is -0.384 e. The molecule has 1 aliphatic carbocycles. The number of hydrogen-bond donors (Lipinski definition) is 1. The molecule has 1 aromatic heterocycles. The topological polar surface area (TPSA) is 51.8 Å². The Morgan fingerprint density at radius 3 is 2.91 bits per heavy atom. The van der Waals surface area contributed by atoms with Gasteiger partial charge in [0.2, 0.25) is 0 Å². The van der Waals surface area contributed by atoms with Crippen LogP contribution in [0.1, 0.15) is 25.1 Å². The summed E-state index contributed by atoms with van der Waals surface area (Å²) in [7, 11) is 0. The number of rotatable bonds is 1. The maximum Gasteiger partial charge on any atom is 0.134 e. The Hall–Kier alpha value is -1.12. The number of aromatic nitrogens is 2. The average molecular weight is 149 g/mol. The number of hydrogen-bond acceptors (Lipinski definition) is 3. The standard InChI is InChI=1S/C8H11N3/c1-5-4-6(5)8-10-3-2-7(9)11-8/h2-3,5-6H,4H2,1H3,(H2,9,10,11)/t5-,6-/m0/s1. The molecule has 0 aromatic carbocycles. The fraction of sp³-hybridized carbons (Fsp3) is 0.500. The minimum absolute atomic E-state index is 0.568. The molecule has 1 heterocycles. The zero-order valence-electron chi connectivity index (χ0n) is 6.49. The van der Waals surface area contributed by atoms with Crippen molar-refractivity contribution in [2.45, 2.75) is 19.3 Å². The fourth-order valence-corrected chi connectivity index (χ4v) is 1.25. The molecule has 1 aliphatic rings. The number of nitrogen functional groups attached to an aromatic ring is 1. The fourth-order valence-electron chi connectivity index (χ4n) is 1.25. The molecular formula is C8H11N3. The second-order valence-electron chi connectivity index (χ2n) is 3.16. The summed E-state index contributed by atoms with van der Waals surface area (Å²) < 4.78 is 0. The molecule has 3 heteroatoms. The molecule has 58 valence electrons. The van der Waals surface area contributed by atoms with Gasteiger partial charge in [0.25, 0.3) is 0 Å². The van der Waals surface area contributed by atoms with Crippen LogP contribution in [-0.2, 0) is 0 Å². The van der Waals surface area contributed by atoms with E-state index in [1.807, 2.05) is 0 Å². The summed E-state index contributed by atoms with van der Waals surface area (Å²) in [5, 5.41) is 0. The summed E-state index contributed by atoms with van der Waals surface area (Å²) in [4.78, 5) is 8.31. The number of nitrogens with zero attached hydrogens (tertiary/aromatic N) is 2. The molecule has 0 amide bonds. The van der Waals surface area contributed by atoms with Gasteiger partial charge in [-0.2, -0.15) is 0 Å². The van der Waals surface area contributed by atoms with Gasteiger partial charge in [0.1, 0.15) is 11.6 Å². The average Bonchev–Trinajstić information content (AvgIpc) is 2.67. The van der Waals surface area contributed by atoms with Gasteiger partial charge in [0, 0.05) is 12.1 Å². The van der Waals surface area contributed by atoms with Crippen molar-refractivity contribution in [1.82, 2.24) is 9.97 Å². The van der Waals surface area contributed by atoms with Crippen LogP contribution in [0.15, 0.2) is 12.3 Å². The third kappa shape index (κ3) is 1.18. The summed E-state index contributed by atoms with van der Waals surface area (Å²) in [5.74, 6) is 2.81. The van der Waals surface area contributed by atoms with Gasteiger partial charge in [0.05, 0.1) is 0 Å². The largest absolute Gasteiger partial charge is 0.384 e. The van der Waals surface area contributed by atoms with Gasteiger partial charge >= 0.3 is 0 Å². The Morgan fingerprint density at radius 1 is 1.64 bits per heavy atom. The van der Waals surface area contributed by atoms with Crippen LogP contribution in [0.5, 0.6) is 0 Å². The molecule has 0 aliphatic heterocycles. The van der Waals surface area contributed by atoms with Crippen LogP contribution in [0, 0.1) is 5.92 Å². The van der Waals surface area contributed by atoms with E-state index in [9.17, 15) is 0 Å².